The first-order valence-electron chi connectivity index (χ1n) is 5.52. The van der Waals surface area contributed by atoms with Crippen LogP contribution in [0.1, 0.15) is 19.8 Å². The Morgan fingerprint density at radius 1 is 1.59 bits per heavy atom. The van der Waals surface area contributed by atoms with Gasteiger partial charge in [0.05, 0.1) is 10.4 Å². The average molecular weight is 315 g/mol. The van der Waals surface area contributed by atoms with Crippen molar-refractivity contribution in [2.45, 2.75) is 24.5 Å². The number of anilines is 2. The monoisotopic (exact) mass is 314 g/mol. The molecule has 1 atom stereocenters. The van der Waals surface area contributed by atoms with Gasteiger partial charge >= 0.3 is 0 Å². The van der Waals surface area contributed by atoms with Gasteiger partial charge in [-0.1, -0.05) is 0 Å². The molecule has 5 heteroatoms. The molecule has 1 aromatic rings. The summed E-state index contributed by atoms with van der Waals surface area (Å²) in [6.07, 6.45) is 2.05. The minimum Gasteiger partial charge on any atom is -0.399 e. The van der Waals surface area contributed by atoms with Crippen LogP contribution in [0.15, 0.2) is 22.7 Å². The maximum absolute atomic E-state index is 12.2. The lowest BCUT2D eigenvalue weighted by Crippen LogP contribution is -2.34. The topological polar surface area (TPSA) is 55.1 Å². The quantitative estimate of drug-likeness (QED) is 0.824. The minimum atomic E-state index is -0.291. The van der Waals surface area contributed by atoms with E-state index in [4.69, 9.17) is 5.73 Å². The van der Waals surface area contributed by atoms with Gasteiger partial charge in [-0.05, 0) is 59.6 Å². The first-order chi connectivity index (χ1) is 8.01. The molecule has 1 amide bonds. The third-order valence-corrected chi connectivity index (χ3v) is 5.12. The number of nitrogens with one attached hydrogen (secondary N) is 1. The Kier molecular flexibility index (Phi) is 3.68. The summed E-state index contributed by atoms with van der Waals surface area (Å²) >= 11 is 5.13. The number of halogens is 1. The van der Waals surface area contributed by atoms with Crippen molar-refractivity contribution in [1.82, 2.24) is 0 Å². The third kappa shape index (κ3) is 2.77. The fourth-order valence-corrected chi connectivity index (χ4v) is 3.55. The van der Waals surface area contributed by atoms with Gasteiger partial charge in [0.15, 0.2) is 0 Å². The molecule has 2 rings (SSSR count). The van der Waals surface area contributed by atoms with Gasteiger partial charge in [0.1, 0.15) is 0 Å². The van der Waals surface area contributed by atoms with Gasteiger partial charge in [0.2, 0.25) is 5.91 Å². The second-order valence-corrected chi connectivity index (χ2v) is 6.83. The largest absolute Gasteiger partial charge is 0.399 e. The standard InChI is InChI=1S/C12H15BrN2OS/c1-12(5-2-6-17-12)11(16)15-10-4-3-8(14)7-9(10)13/h3-4,7H,2,5-6,14H2,1H3,(H,15,16). The number of nitrogen functional groups attached to an aromatic ring is 1. The maximum atomic E-state index is 12.2. The molecule has 1 heterocycles. The van der Waals surface area contributed by atoms with Crippen LogP contribution in [0.3, 0.4) is 0 Å². The molecule has 92 valence electrons. The van der Waals surface area contributed by atoms with Crippen molar-refractivity contribution >= 4 is 45.0 Å². The zero-order valence-electron chi connectivity index (χ0n) is 9.63. The fourth-order valence-electron chi connectivity index (χ4n) is 1.85. The molecule has 0 bridgehead atoms. The molecule has 3 nitrogen and oxygen atoms in total. The summed E-state index contributed by atoms with van der Waals surface area (Å²) < 4.78 is 0.526. The van der Waals surface area contributed by atoms with Crippen LogP contribution in [-0.4, -0.2) is 16.4 Å². The number of carbonyl (C=O) groups excluding carboxylic acids is 1. The summed E-state index contributed by atoms with van der Waals surface area (Å²) in [7, 11) is 0. The summed E-state index contributed by atoms with van der Waals surface area (Å²) in [6.45, 7) is 2.01. The first kappa shape index (κ1) is 12.8. The Labute approximate surface area is 114 Å². The Bertz CT molecular complexity index is 444. The van der Waals surface area contributed by atoms with E-state index in [-0.39, 0.29) is 10.7 Å². The molecule has 0 saturated carbocycles. The fraction of sp³-hybridized carbons (Fsp3) is 0.417. The zero-order chi connectivity index (χ0) is 12.5. The van der Waals surface area contributed by atoms with Gasteiger partial charge < -0.3 is 11.1 Å². The molecule has 0 spiro atoms. The minimum absolute atomic E-state index is 0.0745. The van der Waals surface area contributed by atoms with Crippen molar-refractivity contribution in [3.63, 3.8) is 0 Å². The number of carbonyl (C=O) groups is 1. The van der Waals surface area contributed by atoms with E-state index in [1.807, 2.05) is 13.0 Å². The van der Waals surface area contributed by atoms with Crippen molar-refractivity contribution in [1.29, 1.82) is 0 Å². The van der Waals surface area contributed by atoms with Crippen molar-refractivity contribution in [3.05, 3.63) is 22.7 Å². The van der Waals surface area contributed by atoms with Gasteiger partial charge in [-0.25, -0.2) is 0 Å². The van der Waals surface area contributed by atoms with Gasteiger partial charge in [-0.3, -0.25) is 4.79 Å². The molecule has 0 radical (unpaired) electrons. The summed E-state index contributed by atoms with van der Waals surface area (Å²) in [5.41, 5.74) is 7.11. The van der Waals surface area contributed by atoms with E-state index in [0.29, 0.717) is 5.69 Å². The van der Waals surface area contributed by atoms with Crippen LogP contribution in [-0.2, 0) is 4.79 Å². The number of hydrogen-bond acceptors (Lipinski definition) is 3. The SMILES string of the molecule is CC1(C(=O)Nc2ccc(N)cc2Br)CCCS1. The zero-order valence-corrected chi connectivity index (χ0v) is 12.0. The Morgan fingerprint density at radius 2 is 2.35 bits per heavy atom. The van der Waals surface area contributed by atoms with Crippen LogP contribution in [0, 0.1) is 0 Å². The highest BCUT2D eigenvalue weighted by Gasteiger charge is 2.37. The molecule has 1 saturated heterocycles. The van der Waals surface area contributed by atoms with Gasteiger partial charge in [-0.2, -0.15) is 0 Å². The van der Waals surface area contributed by atoms with Crippen LogP contribution in [0.25, 0.3) is 0 Å². The summed E-state index contributed by atoms with van der Waals surface area (Å²) in [4.78, 5) is 12.2. The number of benzene rings is 1. The second kappa shape index (κ2) is 4.90. The highest BCUT2D eigenvalue weighted by atomic mass is 79.9. The maximum Gasteiger partial charge on any atom is 0.240 e. The molecule has 1 aliphatic heterocycles. The second-order valence-electron chi connectivity index (χ2n) is 4.38. The predicted octanol–water partition coefficient (Wildman–Crippen LogP) is 3.26. The van der Waals surface area contributed by atoms with Crippen molar-refractivity contribution in [3.8, 4) is 0 Å². The van der Waals surface area contributed by atoms with E-state index in [1.54, 1.807) is 23.9 Å². The van der Waals surface area contributed by atoms with E-state index in [9.17, 15) is 4.79 Å². The highest BCUT2D eigenvalue weighted by Crippen LogP contribution is 2.39. The molecule has 17 heavy (non-hydrogen) atoms. The van der Waals surface area contributed by atoms with E-state index >= 15 is 0 Å². The Hall–Kier alpha value is -0.680. The molecule has 1 aromatic carbocycles. The van der Waals surface area contributed by atoms with Crippen molar-refractivity contribution in [2.75, 3.05) is 16.8 Å². The van der Waals surface area contributed by atoms with Gasteiger partial charge in [-0.15, -0.1) is 11.8 Å². The van der Waals surface area contributed by atoms with Crippen LogP contribution in [0.5, 0.6) is 0 Å². The van der Waals surface area contributed by atoms with Crippen molar-refractivity contribution < 1.29 is 4.79 Å². The molecular formula is C12H15BrN2OS. The first-order valence-corrected chi connectivity index (χ1v) is 7.29. The molecule has 0 aromatic heterocycles. The molecule has 1 aliphatic rings. The van der Waals surface area contributed by atoms with Gasteiger partial charge in [0.25, 0.3) is 0 Å². The van der Waals surface area contributed by atoms with E-state index < -0.39 is 0 Å². The molecule has 3 N–H and O–H groups in total. The Balaban J connectivity index is 2.13. The van der Waals surface area contributed by atoms with Crippen LogP contribution in [0.4, 0.5) is 11.4 Å². The number of amides is 1. The van der Waals surface area contributed by atoms with E-state index in [2.05, 4.69) is 21.2 Å². The molecule has 0 aliphatic carbocycles. The van der Waals surface area contributed by atoms with E-state index in [1.165, 1.54) is 0 Å². The average Bonchev–Trinajstić information content (AvgIpc) is 2.71. The lowest BCUT2D eigenvalue weighted by Gasteiger charge is -2.21. The molecular weight excluding hydrogens is 300 g/mol. The van der Waals surface area contributed by atoms with Crippen LogP contribution >= 0.6 is 27.7 Å². The lowest BCUT2D eigenvalue weighted by atomic mass is 10.0. The smallest absolute Gasteiger partial charge is 0.240 e. The summed E-state index contributed by atoms with van der Waals surface area (Å²) in [6, 6.07) is 5.39. The summed E-state index contributed by atoms with van der Waals surface area (Å²) in [5, 5.41) is 2.96. The van der Waals surface area contributed by atoms with Gasteiger partial charge in [0, 0.05) is 10.2 Å². The van der Waals surface area contributed by atoms with Crippen molar-refractivity contribution in [2.24, 2.45) is 0 Å². The summed E-state index contributed by atoms with van der Waals surface area (Å²) in [5.74, 6) is 1.14. The van der Waals surface area contributed by atoms with E-state index in [0.717, 1.165) is 28.8 Å². The van der Waals surface area contributed by atoms with Crippen LogP contribution < -0.4 is 11.1 Å². The Morgan fingerprint density at radius 3 is 2.94 bits per heavy atom. The highest BCUT2D eigenvalue weighted by molar-refractivity contribution is 9.10. The third-order valence-electron chi connectivity index (χ3n) is 2.94. The number of thioether (sulfide) groups is 1. The predicted molar refractivity (Wildman–Crippen MR) is 77.3 cm³/mol. The normalized spacial score (nSPS) is 23.6. The molecule has 1 fully saturated rings. The number of hydrogen-bond donors (Lipinski definition) is 2. The van der Waals surface area contributed by atoms with Crippen LogP contribution in [0.2, 0.25) is 0 Å². The number of rotatable bonds is 2. The number of nitrogens with two attached hydrogens (primary N) is 1. The lowest BCUT2D eigenvalue weighted by molar-refractivity contribution is -0.118. The molecule has 1 unspecified atom stereocenters.